The molecule has 0 radical (unpaired) electrons. The first-order chi connectivity index (χ1) is 7.11. The minimum Gasteiger partial charge on any atom is -0.369 e. The summed E-state index contributed by atoms with van der Waals surface area (Å²) in [5.41, 5.74) is 5.10. The molecule has 1 aliphatic heterocycles. The average molecular weight is 211 g/mol. The number of nitrogens with two attached hydrogens (primary N) is 1. The lowest BCUT2D eigenvalue weighted by Crippen LogP contribution is -2.46. The molecule has 2 amide bonds. The normalized spacial score (nSPS) is 18.4. The van der Waals surface area contributed by atoms with Crippen LogP contribution in [0.4, 0.5) is 0 Å². The monoisotopic (exact) mass is 211 g/mol. The van der Waals surface area contributed by atoms with Crippen molar-refractivity contribution in [2.24, 2.45) is 5.73 Å². The highest BCUT2D eigenvalue weighted by atomic mass is 16.2. The smallest absolute Gasteiger partial charge is 0.243 e. The number of amides is 2. The molecule has 5 nitrogen and oxygen atoms in total. The molecule has 0 aromatic carbocycles. The van der Waals surface area contributed by atoms with Crippen molar-refractivity contribution >= 4 is 11.8 Å². The quantitative estimate of drug-likeness (QED) is 0.600. The number of nitrogens with zero attached hydrogens (tertiary/aromatic N) is 1. The second-order valence-corrected chi connectivity index (χ2v) is 3.73. The molecule has 0 unspecified atom stereocenters. The van der Waals surface area contributed by atoms with Crippen molar-refractivity contribution in [3.05, 3.63) is 12.7 Å². The van der Waals surface area contributed by atoms with Gasteiger partial charge in [0.1, 0.15) is 0 Å². The molecule has 1 aliphatic rings. The molecule has 84 valence electrons. The maximum absolute atomic E-state index is 11.0. The highest BCUT2D eigenvalue weighted by Gasteiger charge is 2.20. The van der Waals surface area contributed by atoms with Crippen LogP contribution in [-0.4, -0.2) is 42.4 Å². The van der Waals surface area contributed by atoms with E-state index in [0.29, 0.717) is 6.54 Å². The van der Waals surface area contributed by atoms with Crippen LogP contribution in [0, 0.1) is 0 Å². The predicted octanol–water partition coefficient (Wildman–Crippen LogP) is -0.762. The third-order valence-corrected chi connectivity index (χ3v) is 2.50. The first-order valence-electron chi connectivity index (χ1n) is 5.05. The van der Waals surface area contributed by atoms with Crippen molar-refractivity contribution in [1.82, 2.24) is 10.2 Å². The fourth-order valence-corrected chi connectivity index (χ4v) is 1.72. The van der Waals surface area contributed by atoms with Crippen molar-refractivity contribution in [3.63, 3.8) is 0 Å². The maximum Gasteiger partial charge on any atom is 0.243 e. The number of piperidine rings is 1. The van der Waals surface area contributed by atoms with Crippen molar-refractivity contribution < 1.29 is 9.59 Å². The molecule has 1 saturated heterocycles. The third kappa shape index (κ3) is 4.12. The highest BCUT2D eigenvalue weighted by molar-refractivity contribution is 5.87. The zero-order valence-corrected chi connectivity index (χ0v) is 8.74. The first kappa shape index (κ1) is 11.7. The summed E-state index contributed by atoms with van der Waals surface area (Å²) in [6.45, 7) is 5.30. The average Bonchev–Trinajstić information content (AvgIpc) is 2.20. The lowest BCUT2D eigenvalue weighted by atomic mass is 10.1. The van der Waals surface area contributed by atoms with E-state index in [9.17, 15) is 9.59 Å². The van der Waals surface area contributed by atoms with Crippen molar-refractivity contribution in [2.75, 3.05) is 19.6 Å². The van der Waals surface area contributed by atoms with Gasteiger partial charge in [-0.05, 0) is 18.9 Å². The summed E-state index contributed by atoms with van der Waals surface area (Å²) in [6, 6.07) is 0.194. The third-order valence-electron chi connectivity index (χ3n) is 2.50. The second-order valence-electron chi connectivity index (χ2n) is 3.73. The lowest BCUT2D eigenvalue weighted by Gasteiger charge is -2.31. The fraction of sp³-hybridized carbons (Fsp3) is 0.600. The Morgan fingerprint density at radius 3 is 2.53 bits per heavy atom. The Morgan fingerprint density at radius 2 is 2.07 bits per heavy atom. The van der Waals surface area contributed by atoms with Crippen molar-refractivity contribution in [2.45, 2.75) is 18.9 Å². The minimum absolute atomic E-state index is 0.136. The van der Waals surface area contributed by atoms with Crippen LogP contribution in [-0.2, 0) is 9.59 Å². The van der Waals surface area contributed by atoms with Crippen LogP contribution >= 0.6 is 0 Å². The summed E-state index contributed by atoms with van der Waals surface area (Å²) in [5, 5.41) is 2.84. The molecule has 0 atom stereocenters. The summed E-state index contributed by atoms with van der Waals surface area (Å²) in [7, 11) is 0. The van der Waals surface area contributed by atoms with E-state index in [1.807, 2.05) is 4.90 Å². The maximum atomic E-state index is 11.0. The van der Waals surface area contributed by atoms with E-state index in [-0.39, 0.29) is 17.9 Å². The molecule has 15 heavy (non-hydrogen) atoms. The van der Waals surface area contributed by atoms with Gasteiger partial charge in [-0.2, -0.15) is 0 Å². The summed E-state index contributed by atoms with van der Waals surface area (Å²) < 4.78 is 0. The van der Waals surface area contributed by atoms with Crippen LogP contribution in [0.25, 0.3) is 0 Å². The van der Waals surface area contributed by atoms with Crippen LogP contribution in [0.3, 0.4) is 0 Å². The van der Waals surface area contributed by atoms with E-state index in [4.69, 9.17) is 5.73 Å². The topological polar surface area (TPSA) is 75.4 Å². The van der Waals surface area contributed by atoms with Gasteiger partial charge in [0.15, 0.2) is 0 Å². The lowest BCUT2D eigenvalue weighted by molar-refractivity contribution is -0.120. The molecule has 0 aromatic heterocycles. The van der Waals surface area contributed by atoms with E-state index < -0.39 is 0 Å². The van der Waals surface area contributed by atoms with Gasteiger partial charge in [-0.25, -0.2) is 0 Å². The molecule has 3 N–H and O–H groups in total. The number of hydrogen-bond acceptors (Lipinski definition) is 3. The number of carbonyl (C=O) groups is 2. The molecule has 0 aromatic rings. The molecule has 0 aliphatic carbocycles. The largest absolute Gasteiger partial charge is 0.369 e. The van der Waals surface area contributed by atoms with Crippen molar-refractivity contribution in [3.8, 4) is 0 Å². The van der Waals surface area contributed by atoms with E-state index in [1.165, 1.54) is 6.08 Å². The Balaban J connectivity index is 2.26. The summed E-state index contributed by atoms with van der Waals surface area (Å²) >= 11 is 0. The van der Waals surface area contributed by atoms with Crippen LogP contribution in [0.2, 0.25) is 0 Å². The molecular formula is C10H17N3O2. The molecular weight excluding hydrogens is 194 g/mol. The minimum atomic E-state index is -0.302. The van der Waals surface area contributed by atoms with E-state index in [0.717, 1.165) is 25.9 Å². The number of primary amides is 1. The van der Waals surface area contributed by atoms with Gasteiger partial charge in [-0.1, -0.05) is 6.58 Å². The van der Waals surface area contributed by atoms with Gasteiger partial charge in [-0.15, -0.1) is 0 Å². The van der Waals surface area contributed by atoms with E-state index >= 15 is 0 Å². The Kier molecular flexibility index (Phi) is 4.30. The Hall–Kier alpha value is -1.36. The SMILES string of the molecule is C=CC(=O)NC1CCN(CC(N)=O)CC1. The van der Waals surface area contributed by atoms with Gasteiger partial charge in [0.2, 0.25) is 11.8 Å². The Labute approximate surface area is 89.3 Å². The van der Waals surface area contributed by atoms with E-state index in [2.05, 4.69) is 11.9 Å². The van der Waals surface area contributed by atoms with Gasteiger partial charge in [0.25, 0.3) is 0 Å². The van der Waals surface area contributed by atoms with Gasteiger partial charge in [0.05, 0.1) is 6.54 Å². The number of rotatable bonds is 4. The summed E-state index contributed by atoms with van der Waals surface area (Å²) in [4.78, 5) is 23.7. The van der Waals surface area contributed by atoms with Crippen LogP contribution in [0.5, 0.6) is 0 Å². The Bertz CT molecular complexity index is 257. The predicted molar refractivity (Wildman–Crippen MR) is 57.0 cm³/mol. The second kappa shape index (κ2) is 5.50. The van der Waals surface area contributed by atoms with Crippen LogP contribution in [0.15, 0.2) is 12.7 Å². The standard InChI is InChI=1S/C10H17N3O2/c1-2-10(15)12-8-3-5-13(6-4-8)7-9(11)14/h2,8H,1,3-7H2,(H2,11,14)(H,12,15). The highest BCUT2D eigenvalue weighted by Crippen LogP contribution is 2.09. The Morgan fingerprint density at radius 1 is 1.47 bits per heavy atom. The number of likely N-dealkylation sites (tertiary alicyclic amines) is 1. The van der Waals surface area contributed by atoms with Gasteiger partial charge in [-0.3, -0.25) is 14.5 Å². The van der Waals surface area contributed by atoms with Crippen LogP contribution < -0.4 is 11.1 Å². The number of nitrogens with one attached hydrogen (secondary N) is 1. The molecule has 0 spiro atoms. The van der Waals surface area contributed by atoms with Gasteiger partial charge >= 0.3 is 0 Å². The zero-order chi connectivity index (χ0) is 11.3. The number of carbonyl (C=O) groups excluding carboxylic acids is 2. The molecule has 1 rings (SSSR count). The van der Waals surface area contributed by atoms with Crippen molar-refractivity contribution in [1.29, 1.82) is 0 Å². The molecule has 5 heteroatoms. The molecule has 0 bridgehead atoms. The summed E-state index contributed by atoms with van der Waals surface area (Å²) in [6.07, 6.45) is 2.98. The first-order valence-corrected chi connectivity index (χ1v) is 5.05. The van der Waals surface area contributed by atoms with Gasteiger partial charge < -0.3 is 11.1 Å². The zero-order valence-electron chi connectivity index (χ0n) is 8.74. The molecule has 1 fully saturated rings. The molecule has 0 saturated carbocycles. The van der Waals surface area contributed by atoms with E-state index in [1.54, 1.807) is 0 Å². The van der Waals surface area contributed by atoms with Crippen LogP contribution in [0.1, 0.15) is 12.8 Å². The number of hydrogen-bond donors (Lipinski definition) is 2. The summed E-state index contributed by atoms with van der Waals surface area (Å²) in [5.74, 6) is -0.438. The molecule has 1 heterocycles. The fourth-order valence-electron chi connectivity index (χ4n) is 1.72. The van der Waals surface area contributed by atoms with Gasteiger partial charge in [0, 0.05) is 19.1 Å².